The molecule has 0 aromatic rings. The normalized spacial score (nSPS) is 16.7. The molecule has 0 aliphatic carbocycles. The van der Waals surface area contributed by atoms with Crippen LogP contribution in [0.1, 0.15) is 19.8 Å². The van der Waals surface area contributed by atoms with E-state index in [-0.39, 0.29) is 24.3 Å². The number of carbonyl (C=O) groups is 3. The minimum atomic E-state index is -0.522. The molecule has 2 N–H and O–H groups in total. The van der Waals surface area contributed by atoms with E-state index in [1.807, 2.05) is 6.26 Å². The van der Waals surface area contributed by atoms with Gasteiger partial charge in [0.2, 0.25) is 17.7 Å². The molecule has 3 amide bonds. The van der Waals surface area contributed by atoms with Crippen molar-refractivity contribution in [2.45, 2.75) is 25.8 Å². The second-order valence-electron chi connectivity index (χ2n) is 4.36. The molecule has 19 heavy (non-hydrogen) atoms. The van der Waals surface area contributed by atoms with Crippen LogP contribution in [-0.2, 0) is 14.4 Å². The highest BCUT2D eigenvalue weighted by Crippen LogP contribution is 2.06. The summed E-state index contributed by atoms with van der Waals surface area (Å²) in [6.07, 6.45) is 2.89. The first kappa shape index (κ1) is 15.8. The van der Waals surface area contributed by atoms with Crippen LogP contribution in [0.4, 0.5) is 0 Å². The zero-order valence-electron chi connectivity index (χ0n) is 11.4. The molecular formula is C12H21N3O3S. The Morgan fingerprint density at radius 2 is 2.26 bits per heavy atom. The van der Waals surface area contributed by atoms with E-state index in [0.717, 1.165) is 5.75 Å². The number of rotatable bonds is 6. The van der Waals surface area contributed by atoms with Gasteiger partial charge in [0.15, 0.2) is 0 Å². The summed E-state index contributed by atoms with van der Waals surface area (Å²) in [7, 11) is 0. The average Bonchev–Trinajstić information content (AvgIpc) is 2.42. The number of nitrogens with zero attached hydrogens (tertiary/aromatic N) is 1. The van der Waals surface area contributed by atoms with Crippen LogP contribution < -0.4 is 10.6 Å². The second-order valence-corrected chi connectivity index (χ2v) is 5.35. The molecular weight excluding hydrogens is 266 g/mol. The smallest absolute Gasteiger partial charge is 0.245 e. The quantitative estimate of drug-likeness (QED) is 0.696. The number of hydrogen-bond acceptors (Lipinski definition) is 4. The monoisotopic (exact) mass is 287 g/mol. The molecule has 0 bridgehead atoms. The second kappa shape index (κ2) is 8.04. The zero-order valence-corrected chi connectivity index (χ0v) is 12.2. The number of nitrogens with one attached hydrogen (secondary N) is 2. The summed E-state index contributed by atoms with van der Waals surface area (Å²) in [5, 5.41) is 5.41. The van der Waals surface area contributed by atoms with Gasteiger partial charge in [0.25, 0.3) is 0 Å². The Morgan fingerprint density at radius 3 is 2.84 bits per heavy atom. The van der Waals surface area contributed by atoms with Crippen LogP contribution >= 0.6 is 11.8 Å². The van der Waals surface area contributed by atoms with Crippen LogP contribution in [0.3, 0.4) is 0 Å². The summed E-state index contributed by atoms with van der Waals surface area (Å²) in [4.78, 5) is 36.6. The van der Waals surface area contributed by atoms with Crippen LogP contribution in [0.5, 0.6) is 0 Å². The lowest BCUT2D eigenvalue weighted by Crippen LogP contribution is -2.56. The molecule has 1 heterocycles. The molecule has 0 saturated carbocycles. The lowest BCUT2D eigenvalue weighted by Gasteiger charge is -2.30. The Labute approximate surface area is 117 Å². The maximum atomic E-state index is 12.3. The number of thioether (sulfide) groups is 1. The molecule has 0 spiro atoms. The lowest BCUT2D eigenvalue weighted by molar-refractivity contribution is -0.141. The summed E-state index contributed by atoms with van der Waals surface area (Å²) in [5.74, 6) is 0.345. The summed E-state index contributed by atoms with van der Waals surface area (Å²) in [6.45, 7) is 2.81. The summed E-state index contributed by atoms with van der Waals surface area (Å²) < 4.78 is 0. The van der Waals surface area contributed by atoms with Gasteiger partial charge in [-0.2, -0.15) is 11.8 Å². The van der Waals surface area contributed by atoms with Crippen molar-refractivity contribution in [1.29, 1.82) is 0 Å². The standard InChI is InChI=1S/C12H21N3O3S/c1-3-10(16)14-9(4-7-19-2)12(18)15-6-5-13-11(17)8-15/h9H,3-8H2,1-2H3,(H,13,17)(H,14,16). The van der Waals surface area contributed by atoms with E-state index in [0.29, 0.717) is 25.9 Å². The van der Waals surface area contributed by atoms with Crippen LogP contribution in [0.2, 0.25) is 0 Å². The molecule has 1 aliphatic rings. The Morgan fingerprint density at radius 1 is 1.53 bits per heavy atom. The fourth-order valence-corrected chi connectivity index (χ4v) is 2.31. The molecule has 6 nitrogen and oxygen atoms in total. The molecule has 1 aliphatic heterocycles. The van der Waals surface area contributed by atoms with Crippen molar-refractivity contribution in [1.82, 2.24) is 15.5 Å². The molecule has 108 valence electrons. The molecule has 0 radical (unpaired) electrons. The molecule has 1 atom stereocenters. The number of hydrogen-bond donors (Lipinski definition) is 2. The van der Waals surface area contributed by atoms with Gasteiger partial charge < -0.3 is 15.5 Å². The third-order valence-electron chi connectivity index (χ3n) is 2.92. The van der Waals surface area contributed by atoms with E-state index in [1.54, 1.807) is 18.7 Å². The van der Waals surface area contributed by atoms with Crippen molar-refractivity contribution in [3.8, 4) is 0 Å². The van der Waals surface area contributed by atoms with E-state index in [4.69, 9.17) is 0 Å². The zero-order chi connectivity index (χ0) is 14.3. The molecule has 0 aromatic carbocycles. The highest BCUT2D eigenvalue weighted by atomic mass is 32.2. The Bertz CT molecular complexity index is 349. The first-order chi connectivity index (χ1) is 9.08. The maximum absolute atomic E-state index is 12.3. The van der Waals surface area contributed by atoms with Crippen molar-refractivity contribution in [2.24, 2.45) is 0 Å². The van der Waals surface area contributed by atoms with Gasteiger partial charge in [-0.15, -0.1) is 0 Å². The fraction of sp³-hybridized carbons (Fsp3) is 0.750. The van der Waals surface area contributed by atoms with Crippen molar-refractivity contribution in [2.75, 3.05) is 31.6 Å². The molecule has 1 fully saturated rings. The van der Waals surface area contributed by atoms with E-state index >= 15 is 0 Å². The highest BCUT2D eigenvalue weighted by Gasteiger charge is 2.28. The maximum Gasteiger partial charge on any atom is 0.245 e. The summed E-state index contributed by atoms with van der Waals surface area (Å²) in [6, 6.07) is -0.522. The predicted octanol–water partition coefficient (Wildman–Crippen LogP) is -0.407. The summed E-state index contributed by atoms with van der Waals surface area (Å²) in [5.41, 5.74) is 0. The van der Waals surface area contributed by atoms with Crippen LogP contribution in [-0.4, -0.2) is 60.3 Å². The predicted molar refractivity (Wildman–Crippen MR) is 74.8 cm³/mol. The number of piperazine rings is 1. The highest BCUT2D eigenvalue weighted by molar-refractivity contribution is 7.98. The van der Waals surface area contributed by atoms with Crippen molar-refractivity contribution < 1.29 is 14.4 Å². The molecule has 7 heteroatoms. The van der Waals surface area contributed by atoms with E-state index in [1.165, 1.54) is 4.90 Å². The minimum absolute atomic E-state index is 0.0800. The third-order valence-corrected chi connectivity index (χ3v) is 3.56. The van der Waals surface area contributed by atoms with Gasteiger partial charge in [0.1, 0.15) is 6.04 Å². The van der Waals surface area contributed by atoms with Gasteiger partial charge in [-0.05, 0) is 18.4 Å². The van der Waals surface area contributed by atoms with Crippen LogP contribution in [0, 0.1) is 0 Å². The lowest BCUT2D eigenvalue weighted by atomic mass is 10.1. The molecule has 1 saturated heterocycles. The van der Waals surface area contributed by atoms with Gasteiger partial charge in [0, 0.05) is 19.5 Å². The Hall–Kier alpha value is -1.24. The van der Waals surface area contributed by atoms with Gasteiger partial charge in [0.05, 0.1) is 6.54 Å². The Balaban J connectivity index is 2.63. The van der Waals surface area contributed by atoms with Crippen molar-refractivity contribution >= 4 is 29.5 Å². The SMILES string of the molecule is CCC(=O)NC(CCSC)C(=O)N1CCNC(=O)C1. The molecule has 1 rings (SSSR count). The Kier molecular flexibility index (Phi) is 6.69. The number of carbonyl (C=O) groups excluding carboxylic acids is 3. The van der Waals surface area contributed by atoms with Gasteiger partial charge >= 0.3 is 0 Å². The van der Waals surface area contributed by atoms with E-state index in [2.05, 4.69) is 10.6 Å². The fourth-order valence-electron chi connectivity index (χ4n) is 1.84. The van der Waals surface area contributed by atoms with Crippen molar-refractivity contribution in [3.63, 3.8) is 0 Å². The average molecular weight is 287 g/mol. The molecule has 1 unspecified atom stereocenters. The summed E-state index contributed by atoms with van der Waals surface area (Å²) >= 11 is 1.63. The van der Waals surface area contributed by atoms with E-state index < -0.39 is 6.04 Å². The van der Waals surface area contributed by atoms with Gasteiger partial charge in [-0.25, -0.2) is 0 Å². The van der Waals surface area contributed by atoms with Crippen LogP contribution in [0.25, 0.3) is 0 Å². The number of amides is 3. The largest absolute Gasteiger partial charge is 0.353 e. The van der Waals surface area contributed by atoms with Crippen LogP contribution in [0.15, 0.2) is 0 Å². The first-order valence-electron chi connectivity index (χ1n) is 6.42. The molecule has 0 aromatic heterocycles. The van der Waals surface area contributed by atoms with E-state index in [9.17, 15) is 14.4 Å². The van der Waals surface area contributed by atoms with Gasteiger partial charge in [-0.1, -0.05) is 6.92 Å². The topological polar surface area (TPSA) is 78.5 Å². The van der Waals surface area contributed by atoms with Gasteiger partial charge in [-0.3, -0.25) is 14.4 Å². The minimum Gasteiger partial charge on any atom is -0.353 e. The first-order valence-corrected chi connectivity index (χ1v) is 7.81. The van der Waals surface area contributed by atoms with Crippen molar-refractivity contribution in [3.05, 3.63) is 0 Å². The third kappa shape index (κ3) is 5.10.